The molecule has 3 rings (SSSR count). The van der Waals surface area contributed by atoms with Gasteiger partial charge < -0.3 is 30.9 Å². The lowest BCUT2D eigenvalue weighted by atomic mass is 10.1. The number of aryl methyl sites for hydroxylation is 1. The zero-order chi connectivity index (χ0) is 32.6. The number of nitrogens with one attached hydrogen (secondary N) is 3. The van der Waals surface area contributed by atoms with Gasteiger partial charge in [-0.1, -0.05) is 32.0 Å². The number of hydrogen-bond acceptors (Lipinski definition) is 9. The normalized spacial score (nSPS) is 15.5. The van der Waals surface area contributed by atoms with Crippen molar-refractivity contribution in [2.75, 3.05) is 18.4 Å². The zero-order valence-electron chi connectivity index (χ0n) is 24.9. The molecule has 14 heteroatoms. The van der Waals surface area contributed by atoms with Crippen molar-refractivity contribution >= 4 is 47.0 Å². The van der Waals surface area contributed by atoms with Crippen LogP contribution in [0.1, 0.15) is 56.6 Å². The van der Waals surface area contributed by atoms with Crippen LogP contribution >= 0.6 is 11.8 Å². The van der Waals surface area contributed by atoms with Gasteiger partial charge in [0.2, 0.25) is 29.5 Å². The molecule has 1 aliphatic rings. The molecule has 1 heterocycles. The SMILES string of the molecule is Cc1ccc(OCc2cccc(NC(=O)CNC(=O)C(C)NC(=O)CCN3C(=O)CC(SC(C)C)C3=O)c2)c(F)c1C(O)O. The lowest BCUT2D eigenvalue weighted by Crippen LogP contribution is -2.47. The Morgan fingerprint density at radius 2 is 1.84 bits per heavy atom. The van der Waals surface area contributed by atoms with Gasteiger partial charge in [-0.15, -0.1) is 11.8 Å². The van der Waals surface area contributed by atoms with Gasteiger partial charge in [-0.3, -0.25) is 28.9 Å². The molecule has 0 saturated carbocycles. The Kier molecular flexibility index (Phi) is 12.3. The van der Waals surface area contributed by atoms with E-state index in [2.05, 4.69) is 16.0 Å². The number of carbonyl (C=O) groups is 5. The average molecular weight is 633 g/mol. The van der Waals surface area contributed by atoms with E-state index < -0.39 is 41.1 Å². The van der Waals surface area contributed by atoms with Crippen LogP contribution in [0.15, 0.2) is 36.4 Å². The third kappa shape index (κ3) is 9.49. The van der Waals surface area contributed by atoms with Crippen LogP contribution in [0.3, 0.4) is 0 Å². The number of aliphatic hydroxyl groups excluding tert-OH is 1. The van der Waals surface area contributed by atoms with Crippen LogP contribution in [-0.2, 0) is 30.6 Å². The number of imide groups is 1. The van der Waals surface area contributed by atoms with Crippen molar-refractivity contribution in [2.24, 2.45) is 0 Å². The molecule has 2 aromatic carbocycles. The Hall–Kier alpha value is -4.01. The van der Waals surface area contributed by atoms with Crippen LogP contribution in [0, 0.1) is 12.7 Å². The van der Waals surface area contributed by atoms with Gasteiger partial charge in [0.1, 0.15) is 12.6 Å². The molecular weight excluding hydrogens is 595 g/mol. The van der Waals surface area contributed by atoms with Gasteiger partial charge in [-0.25, -0.2) is 4.39 Å². The Labute approximate surface area is 258 Å². The van der Waals surface area contributed by atoms with E-state index in [4.69, 9.17) is 4.74 Å². The summed E-state index contributed by atoms with van der Waals surface area (Å²) < 4.78 is 20.1. The number of anilines is 1. The van der Waals surface area contributed by atoms with Gasteiger partial charge in [0, 0.05) is 30.6 Å². The number of rotatable bonds is 14. The Morgan fingerprint density at radius 3 is 2.52 bits per heavy atom. The first kappa shape index (κ1) is 34.5. The predicted octanol–water partition coefficient (Wildman–Crippen LogP) is 1.91. The van der Waals surface area contributed by atoms with Gasteiger partial charge in [0.25, 0.3) is 0 Å². The number of nitrogens with zero attached hydrogens (tertiary/aromatic N) is 1. The molecule has 5 amide bonds. The summed E-state index contributed by atoms with van der Waals surface area (Å²) in [6.07, 6.45) is -2.04. The number of hydrogen-bond donors (Lipinski definition) is 5. The van der Waals surface area contributed by atoms with Gasteiger partial charge in [0.15, 0.2) is 17.9 Å². The fourth-order valence-corrected chi connectivity index (χ4v) is 5.58. The van der Waals surface area contributed by atoms with E-state index in [1.165, 1.54) is 30.8 Å². The summed E-state index contributed by atoms with van der Waals surface area (Å²) in [7, 11) is 0. The van der Waals surface area contributed by atoms with Crippen LogP contribution in [0.4, 0.5) is 10.1 Å². The molecule has 0 aromatic heterocycles. The van der Waals surface area contributed by atoms with E-state index in [1.54, 1.807) is 31.2 Å². The monoisotopic (exact) mass is 632 g/mol. The summed E-state index contributed by atoms with van der Waals surface area (Å²) in [5.41, 5.74) is 1.06. The van der Waals surface area contributed by atoms with Crippen molar-refractivity contribution in [3.05, 3.63) is 58.9 Å². The summed E-state index contributed by atoms with van der Waals surface area (Å²) in [5.74, 6) is -3.35. The van der Waals surface area contributed by atoms with E-state index in [9.17, 15) is 38.6 Å². The maximum absolute atomic E-state index is 14.6. The summed E-state index contributed by atoms with van der Waals surface area (Å²) in [5, 5.41) is 26.1. The van der Waals surface area contributed by atoms with E-state index in [0.29, 0.717) is 16.8 Å². The zero-order valence-corrected chi connectivity index (χ0v) is 25.7. The fourth-order valence-electron chi connectivity index (χ4n) is 4.44. The molecule has 5 N–H and O–H groups in total. The van der Waals surface area contributed by atoms with Crippen LogP contribution in [0.2, 0.25) is 0 Å². The standard InChI is InChI=1S/C30H37FN4O8S/c1-16(2)44-22-13-25(38)35(29(22)40)11-10-23(36)33-18(4)28(39)32-14-24(37)34-20-7-5-6-19(12-20)15-43-21-9-8-17(3)26(27(21)31)30(41)42/h5-9,12,16,18,22,30,41-42H,10-11,13-15H2,1-4H3,(H,32,39)(H,33,36)(H,34,37). The van der Waals surface area contributed by atoms with Crippen LogP contribution in [0.25, 0.3) is 0 Å². The van der Waals surface area contributed by atoms with Crippen molar-refractivity contribution in [3.63, 3.8) is 0 Å². The van der Waals surface area contributed by atoms with Gasteiger partial charge in [-0.2, -0.15) is 0 Å². The topological polar surface area (TPSA) is 174 Å². The van der Waals surface area contributed by atoms with E-state index in [-0.39, 0.29) is 60.9 Å². The number of likely N-dealkylation sites (tertiary alicyclic amines) is 1. The number of benzene rings is 2. The average Bonchev–Trinajstić information content (AvgIpc) is 3.20. The summed E-state index contributed by atoms with van der Waals surface area (Å²) in [4.78, 5) is 62.9. The molecule has 1 saturated heterocycles. The Balaban J connectivity index is 1.42. The second-order valence-electron chi connectivity index (χ2n) is 10.5. The van der Waals surface area contributed by atoms with Crippen LogP contribution < -0.4 is 20.7 Å². The molecule has 2 aromatic rings. The molecule has 2 atom stereocenters. The fraction of sp³-hybridized carbons (Fsp3) is 0.433. The van der Waals surface area contributed by atoms with E-state index >= 15 is 0 Å². The smallest absolute Gasteiger partial charge is 0.243 e. The van der Waals surface area contributed by atoms with Crippen LogP contribution in [-0.4, -0.2) is 74.3 Å². The summed E-state index contributed by atoms with van der Waals surface area (Å²) in [6, 6.07) is 8.45. The minimum Gasteiger partial charge on any atom is -0.486 e. The molecule has 0 spiro atoms. The lowest BCUT2D eigenvalue weighted by Gasteiger charge is -2.17. The molecule has 0 aliphatic carbocycles. The maximum atomic E-state index is 14.6. The molecule has 44 heavy (non-hydrogen) atoms. The molecule has 1 fully saturated rings. The van der Waals surface area contributed by atoms with Crippen molar-refractivity contribution < 1.29 is 43.3 Å². The summed E-state index contributed by atoms with van der Waals surface area (Å²) in [6.45, 7) is 6.32. The number of halogens is 1. The predicted molar refractivity (Wildman–Crippen MR) is 161 cm³/mol. The first-order chi connectivity index (χ1) is 20.8. The van der Waals surface area contributed by atoms with Gasteiger partial charge in [-0.05, 0) is 48.4 Å². The molecule has 1 aliphatic heterocycles. The molecule has 12 nitrogen and oxygen atoms in total. The van der Waals surface area contributed by atoms with E-state index in [0.717, 1.165) is 4.90 Å². The van der Waals surface area contributed by atoms with Crippen molar-refractivity contribution in [3.8, 4) is 5.75 Å². The number of amides is 5. The number of aliphatic hydroxyl groups is 2. The summed E-state index contributed by atoms with van der Waals surface area (Å²) >= 11 is 1.41. The highest BCUT2D eigenvalue weighted by atomic mass is 32.2. The molecule has 2 unspecified atom stereocenters. The minimum absolute atomic E-state index is 0.0732. The van der Waals surface area contributed by atoms with Gasteiger partial charge in [0.05, 0.1) is 11.8 Å². The highest BCUT2D eigenvalue weighted by molar-refractivity contribution is 8.01. The van der Waals surface area contributed by atoms with Crippen LogP contribution in [0.5, 0.6) is 5.75 Å². The maximum Gasteiger partial charge on any atom is 0.243 e. The first-order valence-corrected chi connectivity index (χ1v) is 14.9. The van der Waals surface area contributed by atoms with Gasteiger partial charge >= 0.3 is 0 Å². The Bertz CT molecular complexity index is 1400. The third-order valence-corrected chi connectivity index (χ3v) is 7.86. The third-order valence-electron chi connectivity index (χ3n) is 6.62. The minimum atomic E-state index is -1.99. The molecule has 0 bridgehead atoms. The second-order valence-corrected chi connectivity index (χ2v) is 12.3. The lowest BCUT2D eigenvalue weighted by molar-refractivity contribution is -0.139. The highest BCUT2D eigenvalue weighted by Crippen LogP contribution is 2.29. The molecule has 238 valence electrons. The molecule has 0 radical (unpaired) electrons. The van der Waals surface area contributed by atoms with E-state index in [1.807, 2.05) is 13.8 Å². The number of ether oxygens (including phenoxy) is 1. The number of carbonyl (C=O) groups excluding carboxylic acids is 5. The molecular formula is C30H37FN4O8S. The second kappa shape index (κ2) is 15.6. The van der Waals surface area contributed by atoms with Crippen molar-refractivity contribution in [1.29, 1.82) is 0 Å². The van der Waals surface area contributed by atoms with Crippen molar-refractivity contribution in [1.82, 2.24) is 15.5 Å². The quantitative estimate of drug-likeness (QED) is 0.154. The Morgan fingerprint density at radius 1 is 1.11 bits per heavy atom. The number of thioether (sulfide) groups is 1. The largest absolute Gasteiger partial charge is 0.486 e. The van der Waals surface area contributed by atoms with Crippen molar-refractivity contribution in [2.45, 2.75) is 70.0 Å². The first-order valence-electron chi connectivity index (χ1n) is 14.0. The highest BCUT2D eigenvalue weighted by Gasteiger charge is 2.39.